The van der Waals surface area contributed by atoms with E-state index in [0.29, 0.717) is 5.52 Å². The molecule has 0 aliphatic heterocycles. The number of sulfonamides is 2. The monoisotopic (exact) mass is 675 g/mol. The Labute approximate surface area is 259 Å². The van der Waals surface area contributed by atoms with Crippen molar-refractivity contribution in [3.8, 4) is 22.5 Å². The predicted octanol–water partition coefficient (Wildman–Crippen LogP) is 0.103. The number of hydrogen-bond donors (Lipinski definition) is 10. The lowest BCUT2D eigenvalue weighted by Gasteiger charge is -2.18. The fourth-order valence-corrected chi connectivity index (χ4v) is 6.40. The Balaban J connectivity index is 2.04. The number of carboxylic acids is 2. The molecule has 1 atom stereocenters. The van der Waals surface area contributed by atoms with Crippen LogP contribution in [0.5, 0.6) is 0 Å². The first-order valence-corrected chi connectivity index (χ1v) is 15.7. The maximum Gasteiger partial charge on any atom is 0.326 e. The van der Waals surface area contributed by atoms with Crippen molar-refractivity contribution in [2.24, 2.45) is 5.73 Å². The lowest BCUT2D eigenvalue weighted by molar-refractivity contribution is -0.147. The summed E-state index contributed by atoms with van der Waals surface area (Å²) >= 11 is 0. The van der Waals surface area contributed by atoms with Crippen LogP contribution in [0.25, 0.3) is 33.5 Å². The van der Waals surface area contributed by atoms with Crippen LogP contribution in [-0.4, -0.2) is 77.2 Å². The number of imidazole rings is 1. The van der Waals surface area contributed by atoms with Crippen molar-refractivity contribution in [3.63, 3.8) is 0 Å². The van der Waals surface area contributed by atoms with Crippen molar-refractivity contribution < 1.29 is 51.8 Å². The van der Waals surface area contributed by atoms with E-state index in [4.69, 9.17) is 16.2 Å². The number of rotatable bonds is 13. The molecule has 1 heterocycles. The molecule has 0 aliphatic rings. The van der Waals surface area contributed by atoms with Gasteiger partial charge >= 0.3 is 11.9 Å². The first-order valence-electron chi connectivity index (χ1n) is 12.7. The molecule has 11 N–H and O–H groups in total. The molecule has 0 saturated carbocycles. The van der Waals surface area contributed by atoms with Crippen LogP contribution in [-0.2, 0) is 40.9 Å². The Morgan fingerprint density at radius 3 is 2.17 bits per heavy atom. The fraction of sp³-hybridized carbons (Fsp3) is 0.115. The summed E-state index contributed by atoms with van der Waals surface area (Å²) in [6.07, 6.45) is -1.62. The van der Waals surface area contributed by atoms with Crippen LogP contribution >= 0.6 is 0 Å². The minimum absolute atomic E-state index is 0.0344. The third kappa shape index (κ3) is 7.01. The average molecular weight is 676 g/mol. The van der Waals surface area contributed by atoms with Gasteiger partial charge in [-0.15, -0.1) is 0 Å². The number of aromatic amines is 1. The van der Waals surface area contributed by atoms with Gasteiger partial charge in [0, 0.05) is 22.3 Å². The largest absolute Gasteiger partial charge is 0.481 e. The van der Waals surface area contributed by atoms with Gasteiger partial charge in [-0.25, -0.2) is 26.6 Å². The van der Waals surface area contributed by atoms with Crippen LogP contribution in [0.2, 0.25) is 0 Å². The lowest BCUT2D eigenvalue weighted by Crippen LogP contribution is -2.42. The zero-order valence-corrected chi connectivity index (χ0v) is 24.8. The van der Waals surface area contributed by atoms with Gasteiger partial charge < -0.3 is 36.7 Å². The number of carbonyl (C=O) groups is 3. The molecule has 4 rings (SSSR count). The van der Waals surface area contributed by atoms with E-state index >= 15 is 0 Å². The smallest absolute Gasteiger partial charge is 0.326 e. The Morgan fingerprint density at radius 2 is 1.57 bits per heavy atom. The van der Waals surface area contributed by atoms with Gasteiger partial charge in [0.2, 0.25) is 5.91 Å². The molecule has 0 aliphatic carbocycles. The Hall–Kier alpha value is -5.25. The van der Waals surface area contributed by atoms with Gasteiger partial charge in [0.1, 0.15) is 22.6 Å². The van der Waals surface area contributed by atoms with Crippen molar-refractivity contribution >= 4 is 54.8 Å². The normalized spacial score (nSPS) is 12.5. The molecular formula is C26H25N7O11S2. The number of nitrogen functional groups attached to an aromatic ring is 1. The first-order chi connectivity index (χ1) is 21.6. The summed E-state index contributed by atoms with van der Waals surface area (Å²) in [6, 6.07) is 9.72. The molecule has 20 heteroatoms. The highest BCUT2D eigenvalue weighted by atomic mass is 32.2. The van der Waals surface area contributed by atoms with E-state index in [2.05, 4.69) is 15.3 Å². The second-order valence-corrected chi connectivity index (χ2v) is 12.9. The van der Waals surface area contributed by atoms with E-state index in [1.807, 2.05) is 0 Å². The van der Waals surface area contributed by atoms with Gasteiger partial charge in [-0.05, 0) is 42.0 Å². The molecular weight excluding hydrogens is 650 g/mol. The maximum absolute atomic E-state index is 13.4. The number of amidine groups is 1. The molecule has 0 radical (unpaired) electrons. The number of aromatic nitrogens is 2. The molecule has 18 nitrogen and oxygen atoms in total. The fourth-order valence-electron chi connectivity index (χ4n) is 4.58. The molecule has 0 bridgehead atoms. The number of hydrogen-bond acceptors (Lipinski definition) is 11. The predicted molar refractivity (Wildman–Crippen MR) is 158 cm³/mol. The van der Waals surface area contributed by atoms with Gasteiger partial charge in [-0.1, -0.05) is 28.0 Å². The van der Waals surface area contributed by atoms with Gasteiger partial charge in [0.25, 0.3) is 20.0 Å². The highest BCUT2D eigenvalue weighted by Gasteiger charge is 2.31. The van der Waals surface area contributed by atoms with E-state index < -0.39 is 72.1 Å². The number of nitrogens with one attached hydrogen (secondary N) is 5. The number of nitrogens with zero attached hydrogens (tertiary/aromatic N) is 1. The average Bonchev–Trinajstić information content (AvgIpc) is 3.43. The molecule has 0 spiro atoms. The topological polar surface area (TPSA) is 315 Å². The standard InChI is InChI=1S/C26H25N7O11S2/c27-24(28)13-5-6-17-18(10-13)31-25(30-17)16-8-12(9-21(34)29-19(26(37)38)11-22(35)36)7-15(23(16)46(43,44)33-40)14-3-1-2-4-20(14)45(41,42)32-39/h1-8,10,19,32-33,39-40H,9,11H2,(H3,27,28)(H,29,34)(H,30,31)(H,35,36)(H,37,38). The van der Waals surface area contributed by atoms with Crippen molar-refractivity contribution in [2.45, 2.75) is 28.7 Å². The Bertz CT molecular complexity index is 2110. The number of benzene rings is 3. The van der Waals surface area contributed by atoms with E-state index in [0.717, 1.165) is 23.1 Å². The molecule has 1 amide bonds. The van der Waals surface area contributed by atoms with Gasteiger partial charge in [0.15, 0.2) is 0 Å². The Kier molecular flexibility index (Phi) is 9.51. The highest BCUT2D eigenvalue weighted by molar-refractivity contribution is 7.90. The van der Waals surface area contributed by atoms with Crippen LogP contribution in [0, 0.1) is 5.41 Å². The molecule has 0 fully saturated rings. The highest BCUT2D eigenvalue weighted by Crippen LogP contribution is 2.39. The summed E-state index contributed by atoms with van der Waals surface area (Å²) in [5, 5.41) is 47.1. The van der Waals surface area contributed by atoms with E-state index in [9.17, 15) is 46.7 Å². The Morgan fingerprint density at radius 1 is 0.913 bits per heavy atom. The molecule has 1 unspecified atom stereocenters. The molecule has 0 saturated heterocycles. The second-order valence-electron chi connectivity index (χ2n) is 9.67. The second kappa shape index (κ2) is 13.0. The molecule has 1 aromatic heterocycles. The van der Waals surface area contributed by atoms with Gasteiger partial charge in [-0.3, -0.25) is 15.0 Å². The molecule has 4 aromatic rings. The van der Waals surface area contributed by atoms with Gasteiger partial charge in [-0.2, -0.15) is 0 Å². The van der Waals surface area contributed by atoms with E-state index in [1.165, 1.54) is 41.3 Å². The van der Waals surface area contributed by atoms with Crippen molar-refractivity contribution in [3.05, 3.63) is 65.7 Å². The van der Waals surface area contributed by atoms with Crippen LogP contribution in [0.1, 0.15) is 17.5 Å². The lowest BCUT2D eigenvalue weighted by atomic mass is 9.97. The number of carbonyl (C=O) groups excluding carboxylic acids is 1. The number of amides is 1. The summed E-state index contributed by atoms with van der Waals surface area (Å²) in [6.45, 7) is 0. The van der Waals surface area contributed by atoms with Crippen LogP contribution in [0.4, 0.5) is 0 Å². The third-order valence-corrected chi connectivity index (χ3v) is 8.94. The SMILES string of the molecule is N=C(N)c1ccc2[nH]c(-c3cc(CC(=O)NC(CC(=O)O)C(=O)O)cc(-c4ccccc4S(=O)(=O)NO)c3S(=O)(=O)NO)nc2c1. The third-order valence-electron chi connectivity index (χ3n) is 6.55. The number of aliphatic carboxylic acids is 2. The van der Waals surface area contributed by atoms with E-state index in [1.54, 1.807) is 0 Å². The molecule has 46 heavy (non-hydrogen) atoms. The van der Waals surface area contributed by atoms with Crippen molar-refractivity contribution in [1.82, 2.24) is 25.1 Å². The minimum atomic E-state index is -4.90. The molecule has 242 valence electrons. The number of carboxylic acid groups (broad SMARTS) is 2. The van der Waals surface area contributed by atoms with E-state index in [-0.39, 0.29) is 39.4 Å². The maximum atomic E-state index is 13.4. The summed E-state index contributed by atoms with van der Waals surface area (Å²) in [5.74, 6) is -4.57. The number of H-pyrrole nitrogens is 1. The zero-order valence-electron chi connectivity index (χ0n) is 23.2. The quantitative estimate of drug-likeness (QED) is 0.0511. The zero-order chi connectivity index (χ0) is 34.0. The van der Waals surface area contributed by atoms with Crippen LogP contribution < -0.4 is 20.8 Å². The first kappa shape index (κ1) is 33.6. The van der Waals surface area contributed by atoms with Gasteiger partial charge in [0.05, 0.1) is 28.8 Å². The number of nitrogens with two attached hydrogens (primary N) is 1. The minimum Gasteiger partial charge on any atom is -0.481 e. The summed E-state index contributed by atoms with van der Waals surface area (Å²) in [5.41, 5.74) is 5.36. The summed E-state index contributed by atoms with van der Waals surface area (Å²) in [4.78, 5) is 43.8. The molecule has 3 aromatic carbocycles. The van der Waals surface area contributed by atoms with Crippen LogP contribution in [0.3, 0.4) is 0 Å². The summed E-state index contributed by atoms with van der Waals surface area (Å²) < 4.78 is 52.2. The van der Waals surface area contributed by atoms with Crippen LogP contribution in [0.15, 0.2) is 64.4 Å². The summed E-state index contributed by atoms with van der Waals surface area (Å²) in [7, 11) is -9.56. The van der Waals surface area contributed by atoms with Crippen molar-refractivity contribution in [1.29, 1.82) is 5.41 Å². The number of fused-ring (bicyclic) bond motifs is 1. The van der Waals surface area contributed by atoms with Crippen molar-refractivity contribution in [2.75, 3.05) is 0 Å².